The van der Waals surface area contributed by atoms with E-state index in [4.69, 9.17) is 5.11 Å². The van der Waals surface area contributed by atoms with Crippen LogP contribution in [0.25, 0.3) is 10.9 Å². The van der Waals surface area contributed by atoms with E-state index < -0.39 is 12.3 Å². The predicted octanol–water partition coefficient (Wildman–Crippen LogP) is 0.299. The van der Waals surface area contributed by atoms with Crippen LogP contribution >= 0.6 is 0 Å². The molecule has 1 aliphatic rings. The molecule has 2 heterocycles. The van der Waals surface area contributed by atoms with Gasteiger partial charge in [0.2, 0.25) is 5.95 Å². The minimum Gasteiger partial charge on any atom is -0.395 e. The van der Waals surface area contributed by atoms with Crippen LogP contribution in [0.15, 0.2) is 29.1 Å². The van der Waals surface area contributed by atoms with Crippen LogP contribution in [-0.2, 0) is 6.54 Å². The second-order valence-electron chi connectivity index (χ2n) is 5.59. The Morgan fingerprint density at radius 1 is 1.32 bits per heavy atom. The van der Waals surface area contributed by atoms with Gasteiger partial charge in [-0.05, 0) is 12.1 Å². The number of aromatic nitrogens is 2. The van der Waals surface area contributed by atoms with Crippen molar-refractivity contribution in [1.82, 2.24) is 9.55 Å². The fourth-order valence-electron chi connectivity index (χ4n) is 2.83. The lowest BCUT2D eigenvalue weighted by Gasteiger charge is -2.23. The smallest absolute Gasteiger partial charge is 0.262 e. The second-order valence-corrected chi connectivity index (χ2v) is 5.59. The van der Waals surface area contributed by atoms with Crippen molar-refractivity contribution in [3.63, 3.8) is 0 Å². The van der Waals surface area contributed by atoms with Crippen molar-refractivity contribution in [2.45, 2.75) is 18.6 Å². The molecule has 1 atom stereocenters. The summed E-state index contributed by atoms with van der Waals surface area (Å²) in [6.45, 7) is -0.309. The third kappa shape index (κ3) is 2.46. The molecular weight excluding hydrogens is 289 g/mol. The number of para-hydroxylation sites is 1. The van der Waals surface area contributed by atoms with Crippen molar-refractivity contribution >= 4 is 16.9 Å². The summed E-state index contributed by atoms with van der Waals surface area (Å²) in [5.41, 5.74) is -1.39. The van der Waals surface area contributed by atoms with E-state index in [1.54, 1.807) is 29.2 Å². The fourth-order valence-corrected chi connectivity index (χ4v) is 2.83. The molecule has 2 N–H and O–H groups in total. The molecule has 1 aromatic heterocycles. The monoisotopic (exact) mass is 307 g/mol. The molecule has 0 amide bonds. The van der Waals surface area contributed by atoms with Crippen LogP contribution < -0.4 is 10.5 Å². The van der Waals surface area contributed by atoms with Gasteiger partial charge in [0.15, 0.2) is 5.67 Å². The summed E-state index contributed by atoms with van der Waals surface area (Å²) in [5.74, 6) is 0.339. The third-order valence-corrected chi connectivity index (χ3v) is 4.04. The van der Waals surface area contributed by atoms with Gasteiger partial charge in [-0.1, -0.05) is 12.1 Å². The van der Waals surface area contributed by atoms with Gasteiger partial charge in [-0.2, -0.15) is 0 Å². The van der Waals surface area contributed by atoms with Crippen molar-refractivity contribution in [3.8, 4) is 0 Å². The molecule has 0 aliphatic carbocycles. The number of alkyl halides is 1. The number of fused-ring (bicyclic) bond motifs is 1. The number of aliphatic hydroxyl groups excluding tert-OH is 2. The van der Waals surface area contributed by atoms with Crippen LogP contribution in [0.5, 0.6) is 0 Å². The quantitative estimate of drug-likeness (QED) is 0.849. The molecule has 22 heavy (non-hydrogen) atoms. The Hall–Kier alpha value is -1.99. The van der Waals surface area contributed by atoms with Crippen LogP contribution in [0.3, 0.4) is 0 Å². The van der Waals surface area contributed by atoms with Gasteiger partial charge in [-0.15, -0.1) is 0 Å². The van der Waals surface area contributed by atoms with E-state index in [1.165, 1.54) is 4.57 Å². The van der Waals surface area contributed by atoms with Crippen molar-refractivity contribution < 1.29 is 14.6 Å². The Bertz CT molecular complexity index is 748. The van der Waals surface area contributed by atoms with Gasteiger partial charge in [0.05, 0.1) is 37.2 Å². The zero-order chi connectivity index (χ0) is 15.7. The molecule has 6 nitrogen and oxygen atoms in total. The summed E-state index contributed by atoms with van der Waals surface area (Å²) in [6.07, 6.45) is 0.186. The van der Waals surface area contributed by atoms with Crippen LogP contribution in [0.2, 0.25) is 0 Å². The predicted molar refractivity (Wildman–Crippen MR) is 80.8 cm³/mol. The lowest BCUT2D eigenvalue weighted by Crippen LogP contribution is -2.36. The molecule has 2 aromatic rings. The average molecular weight is 307 g/mol. The summed E-state index contributed by atoms with van der Waals surface area (Å²) in [5, 5.41) is 18.8. The highest BCUT2D eigenvalue weighted by Crippen LogP contribution is 2.28. The molecule has 1 aromatic carbocycles. The molecule has 0 radical (unpaired) electrons. The fraction of sp³-hybridized carbons (Fsp3) is 0.467. The maximum absolute atomic E-state index is 14.3. The first kappa shape index (κ1) is 14.9. The first-order chi connectivity index (χ1) is 10.6. The van der Waals surface area contributed by atoms with Gasteiger partial charge in [-0.3, -0.25) is 9.36 Å². The number of halogens is 1. The Morgan fingerprint density at radius 3 is 2.77 bits per heavy atom. The standard InChI is InChI=1S/C15H18FN3O3/c16-15(10-21)5-6-18(9-15)14-17-12-4-2-1-3-11(12)13(22)19(14)7-8-20/h1-4,20-21H,5-10H2. The number of hydrogen-bond donors (Lipinski definition) is 2. The molecular formula is C15H18FN3O3. The third-order valence-electron chi connectivity index (χ3n) is 4.04. The van der Waals surface area contributed by atoms with Gasteiger partial charge in [-0.25, -0.2) is 9.37 Å². The van der Waals surface area contributed by atoms with Crippen molar-refractivity contribution in [2.75, 3.05) is 31.2 Å². The Kier molecular flexibility index (Phi) is 3.84. The highest BCUT2D eigenvalue weighted by atomic mass is 19.1. The van der Waals surface area contributed by atoms with Crippen LogP contribution in [0.4, 0.5) is 10.3 Å². The SMILES string of the molecule is O=c1c2ccccc2nc(N2CCC(F)(CO)C2)n1CCO. The summed E-state index contributed by atoms with van der Waals surface area (Å²) in [4.78, 5) is 18.7. The summed E-state index contributed by atoms with van der Waals surface area (Å²) < 4.78 is 15.6. The molecule has 1 unspecified atom stereocenters. The van der Waals surface area contributed by atoms with Gasteiger partial charge < -0.3 is 15.1 Å². The van der Waals surface area contributed by atoms with E-state index in [-0.39, 0.29) is 31.7 Å². The van der Waals surface area contributed by atoms with Crippen LogP contribution in [0.1, 0.15) is 6.42 Å². The lowest BCUT2D eigenvalue weighted by atomic mass is 10.1. The largest absolute Gasteiger partial charge is 0.395 e. The molecule has 3 rings (SSSR count). The Labute approximate surface area is 126 Å². The molecule has 0 bridgehead atoms. The number of hydrogen-bond acceptors (Lipinski definition) is 5. The van der Waals surface area contributed by atoms with E-state index in [9.17, 15) is 14.3 Å². The van der Waals surface area contributed by atoms with Crippen molar-refractivity contribution in [2.24, 2.45) is 0 Å². The Balaban J connectivity index is 2.12. The van der Waals surface area contributed by atoms with E-state index in [1.807, 2.05) is 0 Å². The van der Waals surface area contributed by atoms with E-state index in [2.05, 4.69) is 4.98 Å². The number of rotatable bonds is 4. The number of aliphatic hydroxyl groups is 2. The second kappa shape index (κ2) is 5.66. The first-order valence-corrected chi connectivity index (χ1v) is 7.23. The highest BCUT2D eigenvalue weighted by molar-refractivity contribution is 5.78. The van der Waals surface area contributed by atoms with Gasteiger partial charge in [0.25, 0.3) is 5.56 Å². The average Bonchev–Trinajstić information content (AvgIpc) is 2.93. The zero-order valence-corrected chi connectivity index (χ0v) is 12.1. The van der Waals surface area contributed by atoms with Crippen LogP contribution in [0, 0.1) is 0 Å². The molecule has 0 saturated carbocycles. The highest BCUT2D eigenvalue weighted by Gasteiger charge is 2.39. The van der Waals surface area contributed by atoms with Crippen molar-refractivity contribution in [3.05, 3.63) is 34.6 Å². The maximum atomic E-state index is 14.3. The summed E-state index contributed by atoms with van der Waals surface area (Å²) >= 11 is 0. The van der Waals surface area contributed by atoms with Crippen molar-refractivity contribution in [1.29, 1.82) is 0 Å². The lowest BCUT2D eigenvalue weighted by molar-refractivity contribution is 0.0908. The maximum Gasteiger partial charge on any atom is 0.262 e. The molecule has 7 heteroatoms. The zero-order valence-electron chi connectivity index (χ0n) is 12.1. The van der Waals surface area contributed by atoms with E-state index >= 15 is 0 Å². The minimum absolute atomic E-state index is 0.0142. The molecule has 118 valence electrons. The number of benzene rings is 1. The molecule has 0 spiro atoms. The Morgan fingerprint density at radius 2 is 2.09 bits per heavy atom. The molecule has 1 aliphatic heterocycles. The minimum atomic E-state index is -1.67. The molecule has 1 saturated heterocycles. The van der Waals surface area contributed by atoms with E-state index in [0.717, 1.165) is 0 Å². The molecule has 1 fully saturated rings. The summed E-state index contributed by atoms with van der Waals surface area (Å²) in [6, 6.07) is 6.95. The first-order valence-electron chi connectivity index (χ1n) is 7.23. The topological polar surface area (TPSA) is 78.6 Å². The van der Waals surface area contributed by atoms with Gasteiger partial charge >= 0.3 is 0 Å². The van der Waals surface area contributed by atoms with Crippen LogP contribution in [-0.4, -0.2) is 51.7 Å². The number of anilines is 1. The van der Waals surface area contributed by atoms with Gasteiger partial charge in [0.1, 0.15) is 0 Å². The summed E-state index contributed by atoms with van der Waals surface area (Å²) in [7, 11) is 0. The number of nitrogens with zero attached hydrogens (tertiary/aromatic N) is 3. The van der Waals surface area contributed by atoms with E-state index in [0.29, 0.717) is 23.4 Å². The normalized spacial score (nSPS) is 21.7. The van der Waals surface area contributed by atoms with Gasteiger partial charge in [0, 0.05) is 13.0 Å².